The Hall–Kier alpha value is -0.190. The van der Waals surface area contributed by atoms with E-state index in [9.17, 15) is 0 Å². The van der Waals surface area contributed by atoms with E-state index in [4.69, 9.17) is 4.74 Å². The molecule has 1 aromatic carbocycles. The van der Waals surface area contributed by atoms with Gasteiger partial charge in [0.1, 0.15) is 5.75 Å². The molecule has 0 bridgehead atoms. The fourth-order valence-electron chi connectivity index (χ4n) is 1.62. The van der Waals surface area contributed by atoms with Gasteiger partial charge in [-0.15, -0.1) is 0 Å². The van der Waals surface area contributed by atoms with E-state index in [1.807, 2.05) is 17.8 Å². The normalized spacial score (nSPS) is 12.4. The average Bonchev–Trinajstić information content (AvgIpc) is 2.37. The van der Waals surface area contributed by atoms with E-state index in [0.717, 1.165) is 16.8 Å². The summed E-state index contributed by atoms with van der Waals surface area (Å²) >= 11 is 5.51. The van der Waals surface area contributed by atoms with Crippen molar-refractivity contribution in [1.82, 2.24) is 5.32 Å². The third-order valence-corrected chi connectivity index (χ3v) is 4.32. The summed E-state index contributed by atoms with van der Waals surface area (Å²) in [4.78, 5) is 0. The maximum atomic E-state index is 5.22. The van der Waals surface area contributed by atoms with Gasteiger partial charge < -0.3 is 10.1 Å². The molecular weight excluding hydrogens is 310 g/mol. The van der Waals surface area contributed by atoms with Crippen molar-refractivity contribution in [3.8, 4) is 5.75 Å². The summed E-state index contributed by atoms with van der Waals surface area (Å²) in [6, 6.07) is 6.77. The summed E-state index contributed by atoms with van der Waals surface area (Å²) in [6.45, 7) is 5.35. The molecule has 0 aliphatic heterocycles. The lowest BCUT2D eigenvalue weighted by atomic mass is 10.2. The first-order valence-corrected chi connectivity index (χ1v) is 8.25. The maximum Gasteiger partial charge on any atom is 0.133 e. The van der Waals surface area contributed by atoms with Gasteiger partial charge in [-0.05, 0) is 58.5 Å². The number of methoxy groups -OCH3 is 1. The van der Waals surface area contributed by atoms with Gasteiger partial charge in [0.25, 0.3) is 0 Å². The number of thioether (sulfide) groups is 1. The van der Waals surface area contributed by atoms with Gasteiger partial charge in [0, 0.05) is 12.6 Å². The van der Waals surface area contributed by atoms with Crippen LogP contribution in [0.1, 0.15) is 25.8 Å². The highest BCUT2D eigenvalue weighted by Crippen LogP contribution is 2.25. The van der Waals surface area contributed by atoms with E-state index in [1.165, 1.54) is 23.5 Å². The van der Waals surface area contributed by atoms with E-state index in [-0.39, 0.29) is 0 Å². The Morgan fingerprint density at radius 1 is 1.44 bits per heavy atom. The van der Waals surface area contributed by atoms with Crippen LogP contribution in [0, 0.1) is 0 Å². The average molecular weight is 332 g/mol. The van der Waals surface area contributed by atoms with Crippen LogP contribution in [0.2, 0.25) is 0 Å². The van der Waals surface area contributed by atoms with Crippen molar-refractivity contribution < 1.29 is 4.74 Å². The summed E-state index contributed by atoms with van der Waals surface area (Å²) in [5.41, 5.74) is 1.28. The first-order chi connectivity index (χ1) is 8.67. The fraction of sp³-hybridized carbons (Fsp3) is 0.571. The SMILES string of the molecule is CCSCCC(C)NCc1ccc(OC)c(Br)c1. The van der Waals surface area contributed by atoms with Crippen molar-refractivity contribution in [2.75, 3.05) is 18.6 Å². The molecule has 1 rings (SSSR count). The predicted molar refractivity (Wildman–Crippen MR) is 84.6 cm³/mol. The van der Waals surface area contributed by atoms with Crippen LogP contribution < -0.4 is 10.1 Å². The molecule has 1 atom stereocenters. The molecule has 0 aliphatic carbocycles. The smallest absolute Gasteiger partial charge is 0.133 e. The van der Waals surface area contributed by atoms with E-state index in [0.29, 0.717) is 6.04 Å². The minimum atomic E-state index is 0.560. The quantitative estimate of drug-likeness (QED) is 0.725. The van der Waals surface area contributed by atoms with Gasteiger partial charge in [-0.25, -0.2) is 0 Å². The standard InChI is InChI=1S/C14H22BrNOS/c1-4-18-8-7-11(2)16-10-12-5-6-14(17-3)13(15)9-12/h5-6,9,11,16H,4,7-8,10H2,1-3H3. The van der Waals surface area contributed by atoms with Crippen LogP contribution in [0.4, 0.5) is 0 Å². The van der Waals surface area contributed by atoms with Crippen LogP contribution in [0.25, 0.3) is 0 Å². The number of benzene rings is 1. The van der Waals surface area contributed by atoms with Gasteiger partial charge in [0.2, 0.25) is 0 Å². The van der Waals surface area contributed by atoms with Crippen molar-refractivity contribution in [3.05, 3.63) is 28.2 Å². The summed E-state index contributed by atoms with van der Waals surface area (Å²) in [7, 11) is 1.69. The molecule has 4 heteroatoms. The summed E-state index contributed by atoms with van der Waals surface area (Å²) in [6.07, 6.45) is 1.22. The van der Waals surface area contributed by atoms with Crippen LogP contribution in [-0.4, -0.2) is 24.7 Å². The van der Waals surface area contributed by atoms with Gasteiger partial charge in [-0.3, -0.25) is 0 Å². The molecule has 0 amide bonds. The van der Waals surface area contributed by atoms with Crippen LogP contribution in [0.15, 0.2) is 22.7 Å². The molecule has 0 fully saturated rings. The zero-order valence-corrected chi connectivity index (χ0v) is 13.7. The molecule has 102 valence electrons. The first kappa shape index (κ1) is 15.9. The third kappa shape index (κ3) is 5.63. The lowest BCUT2D eigenvalue weighted by Crippen LogP contribution is -2.26. The maximum absolute atomic E-state index is 5.22. The molecule has 1 unspecified atom stereocenters. The molecule has 0 aromatic heterocycles. The lowest BCUT2D eigenvalue weighted by Gasteiger charge is -2.14. The molecule has 0 aliphatic rings. The Morgan fingerprint density at radius 2 is 2.22 bits per heavy atom. The van der Waals surface area contributed by atoms with Gasteiger partial charge in [-0.2, -0.15) is 11.8 Å². The Balaban J connectivity index is 2.36. The predicted octanol–water partition coefficient (Wildman–Crippen LogP) is 4.08. The molecule has 0 spiro atoms. The van der Waals surface area contributed by atoms with E-state index in [1.54, 1.807) is 7.11 Å². The molecule has 18 heavy (non-hydrogen) atoms. The first-order valence-electron chi connectivity index (χ1n) is 6.31. The second kappa shape index (κ2) is 8.83. The van der Waals surface area contributed by atoms with Crippen molar-refractivity contribution in [3.63, 3.8) is 0 Å². The number of hydrogen-bond acceptors (Lipinski definition) is 3. The second-order valence-corrected chi connectivity index (χ2v) is 6.48. The largest absolute Gasteiger partial charge is 0.496 e. The number of nitrogens with one attached hydrogen (secondary N) is 1. The molecule has 0 saturated carbocycles. The summed E-state index contributed by atoms with van der Waals surface area (Å²) < 4.78 is 6.23. The lowest BCUT2D eigenvalue weighted by molar-refractivity contribution is 0.412. The Labute approximate surface area is 123 Å². The molecular formula is C14H22BrNOS. The number of ether oxygens (including phenoxy) is 1. The third-order valence-electron chi connectivity index (χ3n) is 2.77. The molecule has 0 heterocycles. The van der Waals surface area contributed by atoms with Gasteiger partial charge in [0.05, 0.1) is 11.6 Å². The zero-order valence-electron chi connectivity index (χ0n) is 11.3. The monoisotopic (exact) mass is 331 g/mol. The molecule has 0 saturated heterocycles. The number of halogens is 1. The minimum Gasteiger partial charge on any atom is -0.496 e. The molecule has 0 radical (unpaired) electrons. The minimum absolute atomic E-state index is 0.560. The second-order valence-electron chi connectivity index (χ2n) is 4.24. The zero-order chi connectivity index (χ0) is 13.4. The summed E-state index contributed by atoms with van der Waals surface area (Å²) in [5.74, 6) is 3.32. The van der Waals surface area contributed by atoms with Crippen LogP contribution in [0.3, 0.4) is 0 Å². The number of hydrogen-bond donors (Lipinski definition) is 1. The van der Waals surface area contributed by atoms with Crippen LogP contribution in [0.5, 0.6) is 5.75 Å². The highest BCUT2D eigenvalue weighted by atomic mass is 79.9. The van der Waals surface area contributed by atoms with Crippen LogP contribution in [-0.2, 0) is 6.54 Å². The van der Waals surface area contributed by atoms with Crippen molar-refractivity contribution >= 4 is 27.7 Å². The van der Waals surface area contributed by atoms with Gasteiger partial charge in [0.15, 0.2) is 0 Å². The fourth-order valence-corrected chi connectivity index (χ4v) is 3.02. The van der Waals surface area contributed by atoms with Crippen molar-refractivity contribution in [2.24, 2.45) is 0 Å². The Kier molecular flexibility index (Phi) is 7.79. The number of rotatable bonds is 8. The topological polar surface area (TPSA) is 21.3 Å². The van der Waals surface area contributed by atoms with Crippen molar-refractivity contribution in [2.45, 2.75) is 32.9 Å². The van der Waals surface area contributed by atoms with E-state index in [2.05, 4.69) is 47.2 Å². The Morgan fingerprint density at radius 3 is 2.83 bits per heavy atom. The highest BCUT2D eigenvalue weighted by molar-refractivity contribution is 9.10. The van der Waals surface area contributed by atoms with Crippen LogP contribution >= 0.6 is 27.7 Å². The van der Waals surface area contributed by atoms with Crippen molar-refractivity contribution in [1.29, 1.82) is 0 Å². The molecule has 1 aromatic rings. The molecule has 2 nitrogen and oxygen atoms in total. The molecule has 1 N–H and O–H groups in total. The Bertz CT molecular complexity index is 360. The highest BCUT2D eigenvalue weighted by Gasteiger charge is 2.04. The van der Waals surface area contributed by atoms with Gasteiger partial charge >= 0.3 is 0 Å². The van der Waals surface area contributed by atoms with E-state index >= 15 is 0 Å². The summed E-state index contributed by atoms with van der Waals surface area (Å²) in [5, 5.41) is 3.55. The van der Waals surface area contributed by atoms with Gasteiger partial charge in [-0.1, -0.05) is 13.0 Å². The van der Waals surface area contributed by atoms with E-state index < -0.39 is 0 Å².